The summed E-state index contributed by atoms with van der Waals surface area (Å²) in [6.45, 7) is 4.98. The third-order valence-corrected chi connectivity index (χ3v) is 3.06. The Balaban J connectivity index is 2.32. The van der Waals surface area contributed by atoms with Crippen molar-refractivity contribution < 1.29 is 0 Å². The van der Waals surface area contributed by atoms with E-state index in [4.69, 9.17) is 0 Å². The van der Waals surface area contributed by atoms with E-state index in [1.54, 1.807) is 0 Å². The molecule has 0 amide bonds. The predicted octanol–water partition coefficient (Wildman–Crippen LogP) is 4.04. The number of nitrogens with one attached hydrogen (secondary N) is 1. The molecule has 1 heterocycles. The van der Waals surface area contributed by atoms with Gasteiger partial charge in [-0.25, -0.2) is 9.97 Å². The van der Waals surface area contributed by atoms with E-state index in [0.717, 1.165) is 40.3 Å². The van der Waals surface area contributed by atoms with Crippen molar-refractivity contribution in [2.45, 2.75) is 20.3 Å². The molecule has 0 spiro atoms. The maximum Gasteiger partial charge on any atom is 0.130 e. The van der Waals surface area contributed by atoms with Gasteiger partial charge < -0.3 is 5.32 Å². The van der Waals surface area contributed by atoms with Gasteiger partial charge in [0.25, 0.3) is 0 Å². The van der Waals surface area contributed by atoms with Crippen LogP contribution >= 0.6 is 15.9 Å². The molecule has 0 aliphatic rings. The SMILES string of the molecule is CCCNc1cc(-c2ccc(Br)cc2)nc(C)n1. The fraction of sp³-hybridized carbons (Fsp3) is 0.286. The van der Waals surface area contributed by atoms with Crippen LogP contribution in [0, 0.1) is 6.92 Å². The monoisotopic (exact) mass is 305 g/mol. The van der Waals surface area contributed by atoms with Crippen molar-refractivity contribution in [2.24, 2.45) is 0 Å². The van der Waals surface area contributed by atoms with Gasteiger partial charge in [-0.2, -0.15) is 0 Å². The molecule has 1 aromatic carbocycles. The Labute approximate surface area is 116 Å². The minimum atomic E-state index is 0.786. The van der Waals surface area contributed by atoms with Crippen molar-refractivity contribution in [1.29, 1.82) is 0 Å². The molecule has 94 valence electrons. The summed E-state index contributed by atoms with van der Waals surface area (Å²) < 4.78 is 1.07. The molecular weight excluding hydrogens is 290 g/mol. The zero-order chi connectivity index (χ0) is 13.0. The Morgan fingerprint density at radius 3 is 2.56 bits per heavy atom. The fourth-order valence-corrected chi connectivity index (χ4v) is 1.94. The number of halogens is 1. The molecule has 0 aliphatic heterocycles. The summed E-state index contributed by atoms with van der Waals surface area (Å²) >= 11 is 3.44. The Hall–Kier alpha value is -1.42. The van der Waals surface area contributed by atoms with E-state index in [-0.39, 0.29) is 0 Å². The Bertz CT molecular complexity index is 523. The highest BCUT2D eigenvalue weighted by molar-refractivity contribution is 9.10. The van der Waals surface area contributed by atoms with Crippen molar-refractivity contribution in [3.8, 4) is 11.3 Å². The predicted molar refractivity (Wildman–Crippen MR) is 78.7 cm³/mol. The maximum absolute atomic E-state index is 4.48. The lowest BCUT2D eigenvalue weighted by molar-refractivity contribution is 0.955. The molecule has 0 radical (unpaired) electrons. The van der Waals surface area contributed by atoms with Gasteiger partial charge >= 0.3 is 0 Å². The Morgan fingerprint density at radius 1 is 1.17 bits per heavy atom. The van der Waals surface area contributed by atoms with E-state index >= 15 is 0 Å². The molecule has 2 aromatic rings. The average molecular weight is 306 g/mol. The van der Waals surface area contributed by atoms with Crippen LogP contribution in [-0.2, 0) is 0 Å². The zero-order valence-electron chi connectivity index (χ0n) is 10.6. The number of rotatable bonds is 4. The quantitative estimate of drug-likeness (QED) is 0.926. The highest BCUT2D eigenvalue weighted by Crippen LogP contribution is 2.22. The van der Waals surface area contributed by atoms with Gasteiger partial charge in [0.1, 0.15) is 11.6 Å². The minimum absolute atomic E-state index is 0.786. The number of benzene rings is 1. The van der Waals surface area contributed by atoms with Crippen LogP contribution in [0.1, 0.15) is 19.2 Å². The van der Waals surface area contributed by atoms with Crippen LogP contribution < -0.4 is 5.32 Å². The summed E-state index contributed by atoms with van der Waals surface area (Å²) in [5.74, 6) is 1.68. The largest absolute Gasteiger partial charge is 0.370 e. The van der Waals surface area contributed by atoms with Gasteiger partial charge in [-0.1, -0.05) is 35.0 Å². The summed E-state index contributed by atoms with van der Waals surface area (Å²) in [7, 11) is 0. The van der Waals surface area contributed by atoms with Crippen molar-refractivity contribution in [3.63, 3.8) is 0 Å². The van der Waals surface area contributed by atoms with E-state index in [2.05, 4.69) is 50.3 Å². The van der Waals surface area contributed by atoms with Gasteiger partial charge in [0.2, 0.25) is 0 Å². The Kier molecular flexibility index (Phi) is 4.31. The third kappa shape index (κ3) is 3.29. The normalized spacial score (nSPS) is 10.4. The summed E-state index contributed by atoms with van der Waals surface area (Å²) in [4.78, 5) is 8.86. The van der Waals surface area contributed by atoms with E-state index in [1.807, 2.05) is 25.1 Å². The topological polar surface area (TPSA) is 37.8 Å². The van der Waals surface area contributed by atoms with Crippen molar-refractivity contribution in [3.05, 3.63) is 40.6 Å². The molecule has 1 aromatic heterocycles. The highest BCUT2D eigenvalue weighted by Gasteiger charge is 2.04. The van der Waals surface area contributed by atoms with Crippen LogP contribution in [0.4, 0.5) is 5.82 Å². The van der Waals surface area contributed by atoms with Crippen molar-refractivity contribution >= 4 is 21.7 Å². The first-order chi connectivity index (χ1) is 8.69. The molecule has 3 nitrogen and oxygen atoms in total. The van der Waals surface area contributed by atoms with Gasteiger partial charge in [0, 0.05) is 22.6 Å². The fourth-order valence-electron chi connectivity index (χ4n) is 1.68. The second kappa shape index (κ2) is 5.96. The summed E-state index contributed by atoms with van der Waals surface area (Å²) in [6.07, 6.45) is 1.08. The molecule has 0 unspecified atom stereocenters. The van der Waals surface area contributed by atoms with Crippen LogP contribution in [0.2, 0.25) is 0 Å². The summed E-state index contributed by atoms with van der Waals surface area (Å²) in [5.41, 5.74) is 2.05. The van der Waals surface area contributed by atoms with Crippen molar-refractivity contribution in [2.75, 3.05) is 11.9 Å². The summed E-state index contributed by atoms with van der Waals surface area (Å²) in [5, 5.41) is 3.30. The zero-order valence-corrected chi connectivity index (χ0v) is 12.2. The third-order valence-electron chi connectivity index (χ3n) is 2.53. The number of hydrogen-bond acceptors (Lipinski definition) is 3. The van der Waals surface area contributed by atoms with Crippen LogP contribution in [0.3, 0.4) is 0 Å². The van der Waals surface area contributed by atoms with E-state index < -0.39 is 0 Å². The van der Waals surface area contributed by atoms with E-state index in [1.165, 1.54) is 0 Å². The van der Waals surface area contributed by atoms with Gasteiger partial charge in [-0.3, -0.25) is 0 Å². The molecule has 4 heteroatoms. The van der Waals surface area contributed by atoms with Crippen molar-refractivity contribution in [1.82, 2.24) is 9.97 Å². The summed E-state index contributed by atoms with van der Waals surface area (Å²) in [6, 6.07) is 10.1. The molecule has 0 bridgehead atoms. The average Bonchev–Trinajstić information content (AvgIpc) is 2.36. The lowest BCUT2D eigenvalue weighted by Gasteiger charge is -2.08. The molecule has 0 atom stereocenters. The van der Waals surface area contributed by atoms with Gasteiger partial charge in [-0.05, 0) is 25.5 Å². The smallest absolute Gasteiger partial charge is 0.130 e. The second-order valence-corrected chi connectivity index (χ2v) is 5.03. The lowest BCUT2D eigenvalue weighted by Crippen LogP contribution is -2.04. The molecule has 1 N–H and O–H groups in total. The first-order valence-corrected chi connectivity index (χ1v) is 6.84. The number of nitrogens with zero attached hydrogens (tertiary/aromatic N) is 2. The number of hydrogen-bond donors (Lipinski definition) is 1. The number of anilines is 1. The van der Waals surface area contributed by atoms with Gasteiger partial charge in [0.15, 0.2) is 0 Å². The van der Waals surface area contributed by atoms with E-state index in [9.17, 15) is 0 Å². The molecule has 0 aliphatic carbocycles. The van der Waals surface area contributed by atoms with Gasteiger partial charge in [-0.15, -0.1) is 0 Å². The highest BCUT2D eigenvalue weighted by atomic mass is 79.9. The standard InChI is InChI=1S/C14H16BrN3/c1-3-8-16-14-9-13(17-10(2)18-14)11-4-6-12(15)7-5-11/h4-7,9H,3,8H2,1-2H3,(H,16,17,18). The first kappa shape index (κ1) is 13.0. The van der Waals surface area contributed by atoms with Crippen LogP contribution in [0.15, 0.2) is 34.8 Å². The molecule has 18 heavy (non-hydrogen) atoms. The Morgan fingerprint density at radius 2 is 1.89 bits per heavy atom. The lowest BCUT2D eigenvalue weighted by atomic mass is 10.1. The second-order valence-electron chi connectivity index (χ2n) is 4.12. The first-order valence-electron chi connectivity index (χ1n) is 6.04. The van der Waals surface area contributed by atoms with Gasteiger partial charge in [0.05, 0.1) is 5.69 Å². The molecule has 0 saturated heterocycles. The van der Waals surface area contributed by atoms with Crippen LogP contribution in [0.25, 0.3) is 11.3 Å². The minimum Gasteiger partial charge on any atom is -0.370 e. The molecule has 0 saturated carbocycles. The maximum atomic E-state index is 4.48. The number of aromatic nitrogens is 2. The van der Waals surface area contributed by atoms with Crippen LogP contribution in [0.5, 0.6) is 0 Å². The molecule has 2 rings (SSSR count). The molecular formula is C14H16BrN3. The van der Waals surface area contributed by atoms with E-state index in [0.29, 0.717) is 0 Å². The number of aryl methyl sites for hydroxylation is 1. The van der Waals surface area contributed by atoms with Crippen LogP contribution in [-0.4, -0.2) is 16.5 Å². The molecule has 0 fully saturated rings.